The Balaban J connectivity index is 0.000000144. The minimum Gasteiger partial charge on any atom is -0.488 e. The molecule has 3 N–H and O–H groups in total. The molecule has 24 nitrogen and oxygen atoms in total. The lowest BCUT2D eigenvalue weighted by Crippen LogP contribution is -2.47. The molecule has 6 saturated heterocycles. The van der Waals surface area contributed by atoms with Crippen molar-refractivity contribution in [3.05, 3.63) is 216 Å². The second-order valence-electron chi connectivity index (χ2n) is 37.0. The number of carboxylic acids is 3. The van der Waals surface area contributed by atoms with Gasteiger partial charge < -0.3 is 72.7 Å². The van der Waals surface area contributed by atoms with Crippen molar-refractivity contribution in [2.24, 2.45) is 17.8 Å². The number of rotatable bonds is 24. The molecule has 9 aromatic rings. The number of benzene rings is 6. The fourth-order valence-electron chi connectivity index (χ4n) is 21.5. The number of para-hydroxylation sites is 3. The lowest BCUT2D eigenvalue weighted by atomic mass is 9.94. The summed E-state index contributed by atoms with van der Waals surface area (Å²) in [4.78, 5) is 64.5. The topological polar surface area (TPSA) is 253 Å². The molecule has 0 bridgehead atoms. The molecule has 0 radical (unpaired) electrons. The first kappa shape index (κ1) is 94.3. The first-order valence-electron chi connectivity index (χ1n) is 47.6. The third kappa shape index (κ3) is 22.5. The smallest absolute Gasteiger partial charge is 0.309 e. The predicted molar refractivity (Wildman–Crippen MR) is 512 cm³/mol. The molecule has 9 aliphatic heterocycles. The van der Waals surface area contributed by atoms with E-state index in [1.807, 2.05) is 54.6 Å². The van der Waals surface area contributed by atoms with Gasteiger partial charge in [-0.15, -0.1) is 11.3 Å². The molecular weight excluding hydrogens is 1670 g/mol. The normalized spacial score (nSPS) is 21.6. The summed E-state index contributed by atoms with van der Waals surface area (Å²) in [6, 6.07) is 46.3. The Kier molecular flexibility index (Phi) is 31.9. The van der Waals surface area contributed by atoms with Crippen LogP contribution in [-0.2, 0) is 101 Å². The van der Waals surface area contributed by atoms with Gasteiger partial charge in [-0.2, -0.15) is 0 Å². The molecule has 698 valence electrons. The van der Waals surface area contributed by atoms with E-state index in [9.17, 15) is 29.7 Å². The molecule has 0 spiro atoms. The second kappa shape index (κ2) is 44.3. The van der Waals surface area contributed by atoms with Gasteiger partial charge in [0.15, 0.2) is 5.13 Å². The molecule has 18 rings (SSSR count). The van der Waals surface area contributed by atoms with Crippen LogP contribution in [0.2, 0.25) is 0 Å². The minimum absolute atomic E-state index is 0.356. The quantitative estimate of drug-likeness (QED) is 0.0508. The predicted octanol–water partition coefficient (Wildman–Crippen LogP) is 16.4. The van der Waals surface area contributed by atoms with Crippen LogP contribution in [0.25, 0.3) is 33.8 Å². The van der Waals surface area contributed by atoms with Gasteiger partial charge in [0.05, 0.1) is 53.1 Å². The molecule has 0 saturated carbocycles. The van der Waals surface area contributed by atoms with E-state index < -0.39 is 35.7 Å². The number of piperidine rings is 3. The molecule has 12 heterocycles. The summed E-state index contributed by atoms with van der Waals surface area (Å²) in [5, 5.41) is 31.7. The van der Waals surface area contributed by atoms with Gasteiger partial charge in [0.25, 0.3) is 0 Å². The summed E-state index contributed by atoms with van der Waals surface area (Å²) < 4.78 is 53.3. The lowest BCUT2D eigenvalue weighted by Gasteiger charge is -2.36. The van der Waals surface area contributed by atoms with Crippen LogP contribution in [-0.4, -0.2) is 239 Å². The average Bonchev–Trinajstić information content (AvgIpc) is 1.55. The van der Waals surface area contributed by atoms with Crippen LogP contribution in [0, 0.1) is 59.3 Å². The Morgan fingerprint density at radius 1 is 0.382 bits per heavy atom. The molecule has 0 unspecified atom stereocenters. The van der Waals surface area contributed by atoms with Crippen molar-refractivity contribution in [1.29, 1.82) is 0 Å². The second-order valence-corrected chi connectivity index (χ2v) is 37.9. The Morgan fingerprint density at radius 2 is 0.748 bits per heavy atom. The summed E-state index contributed by atoms with van der Waals surface area (Å²) >= 11 is 1.58. The van der Waals surface area contributed by atoms with E-state index in [2.05, 4.69) is 149 Å². The van der Waals surface area contributed by atoms with Crippen LogP contribution in [0.3, 0.4) is 0 Å². The number of hydrogen-bond donors (Lipinski definition) is 3. The van der Waals surface area contributed by atoms with Crippen molar-refractivity contribution in [3.8, 4) is 51.0 Å². The molecule has 6 aromatic carbocycles. The maximum Gasteiger partial charge on any atom is 0.309 e. The summed E-state index contributed by atoms with van der Waals surface area (Å²) in [6.07, 6.45) is 13.8. The monoisotopic (exact) mass is 1800 g/mol. The molecule has 25 heteroatoms. The molecule has 9 aliphatic rings. The number of carbonyl (C=O) groups is 3. The van der Waals surface area contributed by atoms with Crippen LogP contribution >= 0.6 is 11.3 Å². The van der Waals surface area contributed by atoms with Gasteiger partial charge >= 0.3 is 17.9 Å². The van der Waals surface area contributed by atoms with Gasteiger partial charge in [-0.1, -0.05) is 84.9 Å². The lowest BCUT2D eigenvalue weighted by molar-refractivity contribution is -0.148. The highest BCUT2D eigenvalue weighted by molar-refractivity contribution is 7.14. The Hall–Kier alpha value is -9.90. The highest BCUT2D eigenvalue weighted by atomic mass is 32.1. The third-order valence-corrected chi connectivity index (χ3v) is 30.2. The Labute approximate surface area is 776 Å². The number of thiazole rings is 1. The number of anilines is 3. The molecule has 6 fully saturated rings. The summed E-state index contributed by atoms with van der Waals surface area (Å²) in [5.41, 5.74) is 25.3. The number of aryl methyl sites for hydroxylation is 4. The minimum atomic E-state index is -0.804. The van der Waals surface area contributed by atoms with E-state index in [-0.39, 0.29) is 18.3 Å². The highest BCUT2D eigenvalue weighted by Gasteiger charge is 2.40. The summed E-state index contributed by atoms with van der Waals surface area (Å²) in [6.45, 7) is 29.9. The summed E-state index contributed by atoms with van der Waals surface area (Å²) in [7, 11) is 4.75. The van der Waals surface area contributed by atoms with E-state index in [1.165, 1.54) is 66.8 Å². The molecule has 0 amide bonds. The summed E-state index contributed by atoms with van der Waals surface area (Å²) in [5.74, 6) is 0.286. The van der Waals surface area contributed by atoms with Gasteiger partial charge in [-0.25, -0.2) is 15.0 Å². The van der Waals surface area contributed by atoms with Crippen LogP contribution in [0.4, 0.5) is 16.8 Å². The highest BCUT2D eigenvalue weighted by Crippen LogP contribution is 2.42. The van der Waals surface area contributed by atoms with E-state index in [1.54, 1.807) is 32.7 Å². The van der Waals surface area contributed by atoms with Gasteiger partial charge in [-0.3, -0.25) is 29.1 Å². The Morgan fingerprint density at radius 3 is 1.16 bits per heavy atom. The fraction of sp³-hybridized carbons (Fsp3) is 0.509. The van der Waals surface area contributed by atoms with Crippen molar-refractivity contribution in [2.45, 2.75) is 194 Å². The number of methoxy groups -OCH3 is 3. The maximum atomic E-state index is 11.7. The van der Waals surface area contributed by atoms with Crippen molar-refractivity contribution in [3.63, 3.8) is 0 Å². The van der Waals surface area contributed by atoms with Gasteiger partial charge in [-0.05, 0) is 264 Å². The average molecular weight is 1810 g/mol. The molecule has 6 atom stereocenters. The Bertz CT molecular complexity index is 5200. The number of hydrogen-bond acceptors (Lipinski definition) is 22. The van der Waals surface area contributed by atoms with Crippen molar-refractivity contribution < 1.29 is 72.3 Å². The van der Waals surface area contributed by atoms with Gasteiger partial charge in [0.2, 0.25) is 0 Å². The van der Waals surface area contributed by atoms with E-state index in [0.717, 1.165) is 240 Å². The molecular formula is C106H133N9O15S. The van der Waals surface area contributed by atoms with Crippen LogP contribution < -0.4 is 28.9 Å². The van der Waals surface area contributed by atoms with Crippen LogP contribution in [0.15, 0.2) is 133 Å². The van der Waals surface area contributed by atoms with Gasteiger partial charge in [0.1, 0.15) is 48.7 Å². The van der Waals surface area contributed by atoms with Crippen molar-refractivity contribution in [1.82, 2.24) is 29.7 Å². The van der Waals surface area contributed by atoms with Gasteiger partial charge in [0, 0.05) is 180 Å². The maximum absolute atomic E-state index is 11.7. The third-order valence-electron chi connectivity index (χ3n) is 29.3. The largest absolute Gasteiger partial charge is 0.488 e. The number of aromatic nitrogens is 3. The first-order chi connectivity index (χ1) is 63.8. The van der Waals surface area contributed by atoms with E-state index >= 15 is 0 Å². The SMILES string of the molecule is CO[C@@H]1CN(c2cccc(-c3cccc(C)c3OCc3ccc4c(c3C)CCN(C3CCOCC3)CC4)n2)CC[C@H]1C(=O)O.CO[C@H]1CN(c2cccc(-c3cccc(C)c3OCc3ccc4c(c3C)CCN(C3CCOCC3)CC4)n2)CC[C@@H]1C(=O)O.CO[C@H]1CN(c2nc(-c3cccc(C)c3OCc3cc(C)c4c(c3)CCN(C3CCOCC3)CC4)cs2)CC[C@H]1C(=O)O. The zero-order valence-electron chi connectivity index (χ0n) is 78.0. The fourth-order valence-corrected chi connectivity index (χ4v) is 22.4. The molecule has 3 aromatic heterocycles. The number of ether oxygens (including phenoxy) is 9. The van der Waals surface area contributed by atoms with E-state index in [0.29, 0.717) is 96.5 Å². The number of fused-ring (bicyclic) bond motifs is 3. The number of nitrogens with zero attached hydrogens (tertiary/aromatic N) is 9. The zero-order valence-corrected chi connectivity index (χ0v) is 78.8. The van der Waals surface area contributed by atoms with E-state index in [4.69, 9.17) is 57.6 Å². The van der Waals surface area contributed by atoms with Crippen molar-refractivity contribution >= 4 is 46.0 Å². The number of pyridine rings is 2. The van der Waals surface area contributed by atoms with Crippen LogP contribution in [0.5, 0.6) is 17.2 Å². The molecule has 0 aliphatic carbocycles. The number of carboxylic acid groups (broad SMARTS) is 3. The molecule has 131 heavy (non-hydrogen) atoms. The first-order valence-corrected chi connectivity index (χ1v) is 48.5. The number of aliphatic carboxylic acids is 3. The van der Waals surface area contributed by atoms with Crippen molar-refractivity contribution in [2.75, 3.05) is 154 Å². The zero-order chi connectivity index (χ0) is 91.2. The van der Waals surface area contributed by atoms with Crippen LogP contribution in [0.1, 0.15) is 141 Å². The standard InChI is InChI=1S/2C36H45N3O5.C34H43N3O5S/c2*1-24-6-4-7-30(32-8-5-9-34(37-32)39-19-14-31(36(40)41)33(22-39)42-3)35(24)44-23-27-11-10-26-12-17-38(18-13-29(26)25(27)2)28-15-20-43-21-16-28;1-22-5-4-6-28(30-21-43-34(35-30)37-14-9-29(33(38)39)31(19-37)40-3)32(22)42-20-24-17-23(2)27-8-13-36(12-7-25(27)18-24)26-10-15-41-16-11-26/h2*4-11,28,31,33H,12-23H2,1-3H3,(H,40,41);4-6,17-18,21,26,29,31H,7-16,19-20H2,1-3H3,(H,38,39)/t2*31-,33-;29-,31+/m101/s1.